The Bertz CT molecular complexity index is 716. The number of ether oxygens (including phenoxy) is 2. The van der Waals surface area contributed by atoms with E-state index in [0.29, 0.717) is 6.61 Å². The standard InChI is InChI=1S/C18H22N2O2S/c1-5-23-17-14-11-22-18(2,3)10-15(14)19-16(20-17)12-7-6-8-13(9-12)21-4/h6-9H,5,10-11H2,1-4H3. The lowest BCUT2D eigenvalue weighted by Gasteiger charge is -2.32. The van der Waals surface area contributed by atoms with E-state index in [0.717, 1.165) is 45.6 Å². The fourth-order valence-corrected chi connectivity index (χ4v) is 3.44. The number of thioether (sulfide) groups is 1. The van der Waals surface area contributed by atoms with Crippen molar-refractivity contribution in [1.29, 1.82) is 0 Å². The van der Waals surface area contributed by atoms with E-state index < -0.39 is 0 Å². The number of fused-ring (bicyclic) bond motifs is 1. The van der Waals surface area contributed by atoms with Crippen molar-refractivity contribution in [2.24, 2.45) is 0 Å². The minimum absolute atomic E-state index is 0.179. The number of benzene rings is 1. The maximum atomic E-state index is 5.95. The molecule has 0 spiro atoms. The Hall–Kier alpha value is -1.59. The van der Waals surface area contributed by atoms with Gasteiger partial charge in [0.15, 0.2) is 5.82 Å². The highest BCUT2D eigenvalue weighted by Crippen LogP contribution is 2.34. The summed E-state index contributed by atoms with van der Waals surface area (Å²) >= 11 is 1.75. The quantitative estimate of drug-likeness (QED) is 0.623. The maximum Gasteiger partial charge on any atom is 0.160 e. The first-order chi connectivity index (χ1) is 11.0. The molecule has 0 radical (unpaired) electrons. The lowest BCUT2D eigenvalue weighted by atomic mass is 9.96. The van der Waals surface area contributed by atoms with Crippen LogP contribution in [0.5, 0.6) is 5.75 Å². The smallest absolute Gasteiger partial charge is 0.160 e. The largest absolute Gasteiger partial charge is 0.497 e. The van der Waals surface area contributed by atoms with Crippen molar-refractivity contribution in [1.82, 2.24) is 9.97 Å². The van der Waals surface area contributed by atoms with Crippen LogP contribution in [0.15, 0.2) is 29.3 Å². The van der Waals surface area contributed by atoms with Crippen LogP contribution in [-0.2, 0) is 17.8 Å². The molecule has 0 unspecified atom stereocenters. The summed E-state index contributed by atoms with van der Waals surface area (Å²) < 4.78 is 11.3. The predicted molar refractivity (Wildman–Crippen MR) is 93.0 cm³/mol. The fraction of sp³-hybridized carbons (Fsp3) is 0.444. The van der Waals surface area contributed by atoms with Gasteiger partial charge in [0.2, 0.25) is 0 Å². The van der Waals surface area contributed by atoms with Crippen molar-refractivity contribution in [2.75, 3.05) is 12.9 Å². The molecule has 0 saturated carbocycles. The van der Waals surface area contributed by atoms with Gasteiger partial charge >= 0.3 is 0 Å². The molecule has 0 amide bonds. The van der Waals surface area contributed by atoms with Crippen molar-refractivity contribution in [3.8, 4) is 17.1 Å². The van der Waals surface area contributed by atoms with E-state index in [2.05, 4.69) is 20.8 Å². The summed E-state index contributed by atoms with van der Waals surface area (Å²) in [4.78, 5) is 9.62. The van der Waals surface area contributed by atoms with Crippen LogP contribution in [0.25, 0.3) is 11.4 Å². The first kappa shape index (κ1) is 16.3. The van der Waals surface area contributed by atoms with Gasteiger partial charge in [0.05, 0.1) is 25.0 Å². The number of methoxy groups -OCH3 is 1. The van der Waals surface area contributed by atoms with E-state index in [9.17, 15) is 0 Å². The summed E-state index contributed by atoms with van der Waals surface area (Å²) in [6, 6.07) is 7.90. The van der Waals surface area contributed by atoms with Crippen molar-refractivity contribution in [3.63, 3.8) is 0 Å². The molecule has 1 aliphatic heterocycles. The normalized spacial score (nSPS) is 16.0. The highest BCUT2D eigenvalue weighted by atomic mass is 32.2. The van der Waals surface area contributed by atoms with Crippen LogP contribution in [0.2, 0.25) is 0 Å². The van der Waals surface area contributed by atoms with Gasteiger partial charge in [-0.3, -0.25) is 0 Å². The topological polar surface area (TPSA) is 44.2 Å². The second-order valence-electron chi connectivity index (χ2n) is 6.17. The van der Waals surface area contributed by atoms with Crippen LogP contribution >= 0.6 is 11.8 Å². The summed E-state index contributed by atoms with van der Waals surface area (Å²) in [6.45, 7) is 6.94. The van der Waals surface area contributed by atoms with E-state index in [-0.39, 0.29) is 5.60 Å². The van der Waals surface area contributed by atoms with Gasteiger partial charge in [0, 0.05) is 17.5 Å². The predicted octanol–water partition coefficient (Wildman–Crippen LogP) is 4.12. The van der Waals surface area contributed by atoms with Crippen LogP contribution in [0, 0.1) is 0 Å². The third kappa shape index (κ3) is 3.51. The van der Waals surface area contributed by atoms with Crippen molar-refractivity contribution in [3.05, 3.63) is 35.5 Å². The molecule has 0 bridgehead atoms. The number of hydrogen-bond donors (Lipinski definition) is 0. The van der Waals surface area contributed by atoms with Crippen LogP contribution < -0.4 is 4.74 Å². The number of hydrogen-bond acceptors (Lipinski definition) is 5. The van der Waals surface area contributed by atoms with E-state index in [1.165, 1.54) is 0 Å². The van der Waals surface area contributed by atoms with E-state index >= 15 is 0 Å². The fourth-order valence-electron chi connectivity index (χ4n) is 2.67. The van der Waals surface area contributed by atoms with Gasteiger partial charge < -0.3 is 9.47 Å². The Kier molecular flexibility index (Phi) is 4.60. The summed E-state index contributed by atoms with van der Waals surface area (Å²) in [6.07, 6.45) is 0.805. The molecular formula is C18H22N2O2S. The molecule has 0 aliphatic carbocycles. The monoisotopic (exact) mass is 330 g/mol. The van der Waals surface area contributed by atoms with Crippen molar-refractivity contribution >= 4 is 11.8 Å². The third-order valence-corrected chi connectivity index (χ3v) is 4.76. The first-order valence-corrected chi connectivity index (χ1v) is 8.82. The summed E-state index contributed by atoms with van der Waals surface area (Å²) in [5, 5.41) is 1.03. The van der Waals surface area contributed by atoms with Crippen LogP contribution in [-0.4, -0.2) is 28.4 Å². The Morgan fingerprint density at radius 1 is 1.30 bits per heavy atom. The molecule has 5 heteroatoms. The molecule has 3 rings (SSSR count). The molecule has 2 aromatic rings. The zero-order valence-corrected chi connectivity index (χ0v) is 14.9. The molecule has 1 aliphatic rings. The Morgan fingerprint density at radius 3 is 2.87 bits per heavy atom. The Labute approximate surface area is 141 Å². The zero-order valence-electron chi connectivity index (χ0n) is 14.0. The average molecular weight is 330 g/mol. The van der Waals surface area contributed by atoms with E-state index in [1.54, 1.807) is 18.9 Å². The minimum atomic E-state index is -0.179. The van der Waals surface area contributed by atoms with Gasteiger partial charge in [-0.15, -0.1) is 11.8 Å². The molecule has 0 N–H and O–H groups in total. The number of aromatic nitrogens is 2. The lowest BCUT2D eigenvalue weighted by Crippen LogP contribution is -2.33. The lowest BCUT2D eigenvalue weighted by molar-refractivity contribution is -0.0428. The number of rotatable bonds is 4. The first-order valence-electron chi connectivity index (χ1n) is 7.83. The van der Waals surface area contributed by atoms with Crippen LogP contribution in [0.3, 0.4) is 0 Å². The average Bonchev–Trinajstić information content (AvgIpc) is 2.53. The Balaban J connectivity index is 2.09. The SMILES string of the molecule is CCSc1nc(-c2cccc(OC)c2)nc2c1COC(C)(C)C2. The molecule has 0 saturated heterocycles. The molecule has 122 valence electrons. The zero-order chi connectivity index (χ0) is 16.4. The summed E-state index contributed by atoms with van der Waals surface area (Å²) in [5.74, 6) is 2.55. The van der Waals surface area contributed by atoms with Gasteiger partial charge in [-0.2, -0.15) is 0 Å². The second kappa shape index (κ2) is 6.49. The van der Waals surface area contributed by atoms with Crippen LogP contribution in [0.4, 0.5) is 0 Å². The van der Waals surface area contributed by atoms with Gasteiger partial charge in [0.25, 0.3) is 0 Å². The van der Waals surface area contributed by atoms with Gasteiger partial charge in [-0.1, -0.05) is 19.1 Å². The molecule has 4 nitrogen and oxygen atoms in total. The molecule has 1 aromatic carbocycles. The van der Waals surface area contributed by atoms with Gasteiger partial charge in [0.1, 0.15) is 10.8 Å². The number of nitrogens with zero attached hydrogens (tertiary/aromatic N) is 2. The summed E-state index contributed by atoms with van der Waals surface area (Å²) in [5.41, 5.74) is 3.04. The molecule has 1 aromatic heterocycles. The molecule has 0 atom stereocenters. The highest BCUT2D eigenvalue weighted by molar-refractivity contribution is 7.99. The minimum Gasteiger partial charge on any atom is -0.497 e. The van der Waals surface area contributed by atoms with Gasteiger partial charge in [-0.05, 0) is 31.7 Å². The second-order valence-corrected chi connectivity index (χ2v) is 7.42. The van der Waals surface area contributed by atoms with Crippen molar-refractivity contribution in [2.45, 2.75) is 44.4 Å². The third-order valence-electron chi connectivity index (χ3n) is 3.86. The molecule has 2 heterocycles. The van der Waals surface area contributed by atoms with Crippen LogP contribution in [0.1, 0.15) is 32.0 Å². The van der Waals surface area contributed by atoms with E-state index in [4.69, 9.17) is 19.4 Å². The summed E-state index contributed by atoms with van der Waals surface area (Å²) in [7, 11) is 1.67. The maximum absolute atomic E-state index is 5.95. The Morgan fingerprint density at radius 2 is 2.13 bits per heavy atom. The highest BCUT2D eigenvalue weighted by Gasteiger charge is 2.30. The van der Waals surface area contributed by atoms with Gasteiger partial charge in [-0.25, -0.2) is 9.97 Å². The molecule has 23 heavy (non-hydrogen) atoms. The van der Waals surface area contributed by atoms with E-state index in [1.807, 2.05) is 24.3 Å². The molecular weight excluding hydrogens is 308 g/mol. The van der Waals surface area contributed by atoms with Crippen molar-refractivity contribution < 1.29 is 9.47 Å². The molecule has 0 fully saturated rings.